The number of hydrogen-bond donors (Lipinski definition) is 1. The number of nitrogens with one attached hydrogen (secondary N) is 1. The minimum atomic E-state index is -0.343. The van der Waals surface area contributed by atoms with E-state index in [2.05, 4.69) is 37.2 Å². The predicted octanol–water partition coefficient (Wildman–Crippen LogP) is 4.10. The molecule has 0 unspecified atom stereocenters. The second-order valence-electron chi connectivity index (χ2n) is 8.20. The molecule has 6 atom stereocenters. The van der Waals surface area contributed by atoms with E-state index in [0.717, 1.165) is 12.8 Å². The van der Waals surface area contributed by atoms with E-state index >= 15 is 0 Å². The molecule has 1 aromatic rings. The second kappa shape index (κ2) is 8.46. The van der Waals surface area contributed by atoms with E-state index in [1.807, 2.05) is 0 Å². The summed E-state index contributed by atoms with van der Waals surface area (Å²) in [6.45, 7) is 0.434. The molecule has 2 saturated carbocycles. The van der Waals surface area contributed by atoms with E-state index in [4.69, 9.17) is 0 Å². The van der Waals surface area contributed by atoms with Gasteiger partial charge in [-0.05, 0) is 55.4 Å². The molecule has 1 heterocycles. The van der Waals surface area contributed by atoms with Crippen molar-refractivity contribution in [3.8, 4) is 0 Å². The SMILES string of the molecule is O=C(CCCCCN1C(=O)[C@H]2[C@@H]3C[C@@H]([C@@H](Br)[C@H]3Br)[C@@H]2C1=O)Nc1ccc(F)cc1. The van der Waals surface area contributed by atoms with Crippen LogP contribution in [-0.2, 0) is 14.4 Å². The number of halogens is 3. The van der Waals surface area contributed by atoms with Gasteiger partial charge in [-0.1, -0.05) is 38.3 Å². The lowest BCUT2D eigenvalue weighted by molar-refractivity contribution is -0.140. The van der Waals surface area contributed by atoms with E-state index in [9.17, 15) is 18.8 Å². The summed E-state index contributed by atoms with van der Waals surface area (Å²) in [7, 11) is 0. The number of amides is 3. The van der Waals surface area contributed by atoms with Crippen molar-refractivity contribution in [1.29, 1.82) is 0 Å². The van der Waals surface area contributed by atoms with Crippen LogP contribution in [0.5, 0.6) is 0 Å². The Labute approximate surface area is 186 Å². The number of benzene rings is 1. The van der Waals surface area contributed by atoms with Crippen molar-refractivity contribution < 1.29 is 18.8 Å². The lowest BCUT2D eigenvalue weighted by Gasteiger charge is -2.28. The standard InChI is InChI=1S/C21H23Br2FN2O3/c22-18-13-10-14(19(18)23)17-16(13)20(28)26(21(17)29)9-3-1-2-4-15(27)25-12-7-5-11(24)6-8-12/h5-8,13-14,16-19H,1-4,9-10H2,(H,25,27)/t13-,14+,16-,17-,18-,19+/m0/s1. The number of imide groups is 1. The number of fused-ring (bicyclic) bond motifs is 5. The Bertz CT molecular complexity index is 787. The Hall–Kier alpha value is -1.28. The van der Waals surface area contributed by atoms with Gasteiger partial charge in [0.1, 0.15) is 5.82 Å². The zero-order chi connectivity index (χ0) is 20.7. The van der Waals surface area contributed by atoms with Crippen LogP contribution in [-0.4, -0.2) is 38.8 Å². The molecule has 0 spiro atoms. The topological polar surface area (TPSA) is 66.5 Å². The normalized spacial score (nSPS) is 32.7. The first kappa shape index (κ1) is 21.0. The third kappa shape index (κ3) is 3.90. The molecule has 1 N–H and O–H groups in total. The van der Waals surface area contributed by atoms with Gasteiger partial charge in [0.15, 0.2) is 0 Å². The van der Waals surface area contributed by atoms with Gasteiger partial charge in [0.2, 0.25) is 17.7 Å². The molecule has 4 rings (SSSR count). The molecule has 8 heteroatoms. The zero-order valence-corrected chi connectivity index (χ0v) is 19.0. The van der Waals surface area contributed by atoms with Gasteiger partial charge >= 0.3 is 0 Å². The molecule has 1 aromatic carbocycles. The van der Waals surface area contributed by atoms with E-state index in [-0.39, 0.29) is 56.9 Å². The fraction of sp³-hybridized carbons (Fsp3) is 0.571. The fourth-order valence-electron chi connectivity index (χ4n) is 5.12. The largest absolute Gasteiger partial charge is 0.326 e. The monoisotopic (exact) mass is 528 g/mol. The lowest BCUT2D eigenvalue weighted by Crippen LogP contribution is -2.37. The van der Waals surface area contributed by atoms with Crippen molar-refractivity contribution >= 4 is 55.3 Å². The first-order chi connectivity index (χ1) is 13.9. The van der Waals surface area contributed by atoms with Crippen molar-refractivity contribution in [3.05, 3.63) is 30.1 Å². The van der Waals surface area contributed by atoms with Crippen LogP contribution in [0, 0.1) is 29.5 Å². The summed E-state index contributed by atoms with van der Waals surface area (Å²) in [5, 5.41) is 2.73. The molecule has 29 heavy (non-hydrogen) atoms. The highest BCUT2D eigenvalue weighted by Gasteiger charge is 2.66. The third-order valence-corrected chi connectivity index (χ3v) is 9.70. The van der Waals surface area contributed by atoms with E-state index in [1.165, 1.54) is 29.2 Å². The quantitative estimate of drug-likeness (QED) is 0.328. The number of nitrogens with zero attached hydrogens (tertiary/aromatic N) is 1. The van der Waals surface area contributed by atoms with Crippen LogP contribution in [0.25, 0.3) is 0 Å². The van der Waals surface area contributed by atoms with Crippen molar-refractivity contribution in [1.82, 2.24) is 4.90 Å². The lowest BCUT2D eigenvalue weighted by atomic mass is 9.81. The van der Waals surface area contributed by atoms with Crippen LogP contribution in [0.4, 0.5) is 10.1 Å². The Morgan fingerprint density at radius 1 is 1.00 bits per heavy atom. The van der Waals surface area contributed by atoms with Crippen molar-refractivity contribution in [3.63, 3.8) is 0 Å². The molecule has 3 amide bonds. The van der Waals surface area contributed by atoms with Gasteiger partial charge in [-0.3, -0.25) is 19.3 Å². The Morgan fingerprint density at radius 2 is 1.59 bits per heavy atom. The van der Waals surface area contributed by atoms with Gasteiger partial charge < -0.3 is 5.32 Å². The first-order valence-electron chi connectivity index (χ1n) is 10.1. The van der Waals surface area contributed by atoms with E-state index in [1.54, 1.807) is 0 Å². The van der Waals surface area contributed by atoms with Gasteiger partial charge in [-0.2, -0.15) is 0 Å². The van der Waals surface area contributed by atoms with Crippen LogP contribution >= 0.6 is 31.9 Å². The predicted molar refractivity (Wildman–Crippen MR) is 114 cm³/mol. The summed E-state index contributed by atoms with van der Waals surface area (Å²) in [6, 6.07) is 5.65. The van der Waals surface area contributed by atoms with Crippen LogP contribution < -0.4 is 5.32 Å². The smallest absolute Gasteiger partial charge is 0.233 e. The highest BCUT2D eigenvalue weighted by Crippen LogP contribution is 2.60. The number of anilines is 1. The number of alkyl halides is 2. The maximum Gasteiger partial charge on any atom is 0.233 e. The minimum Gasteiger partial charge on any atom is -0.326 e. The molecule has 0 radical (unpaired) electrons. The minimum absolute atomic E-state index is 0.00889. The molecular formula is C21H23Br2FN2O3. The summed E-state index contributed by atoms with van der Waals surface area (Å²) in [6.07, 6.45) is 3.43. The maximum atomic E-state index is 12.9. The zero-order valence-electron chi connectivity index (χ0n) is 15.8. The van der Waals surface area contributed by atoms with Crippen molar-refractivity contribution in [2.45, 2.75) is 41.8 Å². The summed E-state index contributed by atoms with van der Waals surface area (Å²) >= 11 is 7.39. The number of unbranched alkanes of at least 4 members (excludes halogenated alkanes) is 2. The molecule has 2 aliphatic carbocycles. The fourth-order valence-corrected chi connectivity index (χ4v) is 6.99. The molecule has 3 fully saturated rings. The molecular weight excluding hydrogens is 507 g/mol. The highest BCUT2D eigenvalue weighted by atomic mass is 79.9. The van der Waals surface area contributed by atoms with Crippen molar-refractivity contribution in [2.24, 2.45) is 23.7 Å². The number of carbonyl (C=O) groups excluding carboxylic acids is 3. The molecule has 156 valence electrons. The molecule has 1 aliphatic heterocycles. The Balaban J connectivity index is 1.20. The summed E-state index contributed by atoms with van der Waals surface area (Å²) in [5.74, 6) is -0.320. The average molecular weight is 530 g/mol. The molecule has 5 nitrogen and oxygen atoms in total. The Morgan fingerprint density at radius 3 is 2.17 bits per heavy atom. The second-order valence-corrected chi connectivity index (χ2v) is 10.3. The summed E-state index contributed by atoms with van der Waals surface area (Å²) < 4.78 is 12.9. The number of likely N-dealkylation sites (tertiary alicyclic amines) is 1. The number of carbonyl (C=O) groups is 3. The maximum absolute atomic E-state index is 12.9. The van der Waals surface area contributed by atoms with Crippen LogP contribution in [0.1, 0.15) is 32.1 Å². The number of rotatable bonds is 7. The summed E-state index contributed by atoms with van der Waals surface area (Å²) in [5.41, 5.74) is 0.570. The van der Waals surface area contributed by atoms with Gasteiger partial charge in [0, 0.05) is 28.3 Å². The average Bonchev–Trinajstić information content (AvgIpc) is 3.29. The van der Waals surface area contributed by atoms with Crippen LogP contribution in [0.2, 0.25) is 0 Å². The summed E-state index contributed by atoms with van der Waals surface area (Å²) in [4.78, 5) is 39.6. The first-order valence-corrected chi connectivity index (χ1v) is 11.9. The third-order valence-electron chi connectivity index (χ3n) is 6.49. The molecule has 3 aliphatic rings. The Kier molecular flexibility index (Phi) is 6.11. The van der Waals surface area contributed by atoms with E-state index in [0.29, 0.717) is 31.5 Å². The van der Waals surface area contributed by atoms with Gasteiger partial charge in [0.25, 0.3) is 0 Å². The molecule has 2 bridgehead atoms. The van der Waals surface area contributed by atoms with E-state index < -0.39 is 0 Å². The molecule has 0 aromatic heterocycles. The highest BCUT2D eigenvalue weighted by molar-refractivity contribution is 9.12. The van der Waals surface area contributed by atoms with Gasteiger partial charge in [0.05, 0.1) is 11.8 Å². The van der Waals surface area contributed by atoms with Crippen LogP contribution in [0.3, 0.4) is 0 Å². The number of hydrogen-bond acceptors (Lipinski definition) is 3. The molecule has 1 saturated heterocycles. The van der Waals surface area contributed by atoms with Gasteiger partial charge in [-0.15, -0.1) is 0 Å². The van der Waals surface area contributed by atoms with Crippen molar-refractivity contribution in [2.75, 3.05) is 11.9 Å². The van der Waals surface area contributed by atoms with Gasteiger partial charge in [-0.25, -0.2) is 4.39 Å². The van der Waals surface area contributed by atoms with Crippen LogP contribution in [0.15, 0.2) is 24.3 Å².